The van der Waals surface area contributed by atoms with Crippen LogP contribution in [0.15, 0.2) is 72.6 Å². The van der Waals surface area contributed by atoms with Gasteiger partial charge in [0.2, 0.25) is 0 Å². The lowest BCUT2D eigenvalue weighted by Gasteiger charge is -2.10. The molecule has 3 heterocycles. The summed E-state index contributed by atoms with van der Waals surface area (Å²) in [4.78, 5) is 23.9. The summed E-state index contributed by atoms with van der Waals surface area (Å²) in [7, 11) is 1.50. The number of nitrogens with one attached hydrogen (secondary N) is 1. The average Bonchev–Trinajstić information content (AvgIpc) is 3.21. The highest BCUT2D eigenvalue weighted by molar-refractivity contribution is 6.09. The quantitative estimate of drug-likeness (QED) is 0.473. The molecule has 158 valence electrons. The number of hydrogen-bond donors (Lipinski definition) is 1. The van der Waals surface area contributed by atoms with Crippen LogP contribution in [0.3, 0.4) is 0 Å². The van der Waals surface area contributed by atoms with E-state index < -0.39 is 17.8 Å². The maximum absolute atomic E-state index is 13.6. The Kier molecular flexibility index (Phi) is 6.39. The zero-order valence-electron chi connectivity index (χ0n) is 16.3. The van der Waals surface area contributed by atoms with Crippen LogP contribution < -0.4 is 5.32 Å². The number of aromatic nitrogens is 4. The molecule has 0 radical (unpaired) electrons. The Bertz CT molecular complexity index is 1130. The minimum absolute atomic E-state index is 0.0735. The van der Waals surface area contributed by atoms with Gasteiger partial charge in [-0.15, -0.1) is 0 Å². The van der Waals surface area contributed by atoms with Crippen molar-refractivity contribution in [2.45, 2.75) is 6.18 Å². The zero-order chi connectivity index (χ0) is 22.4. The van der Waals surface area contributed by atoms with Crippen LogP contribution >= 0.6 is 0 Å². The molecule has 0 unspecified atom stereocenters. The number of halogens is 3. The minimum atomic E-state index is -4.65. The summed E-state index contributed by atoms with van der Waals surface area (Å²) in [5.41, 5.74) is -0.134. The maximum atomic E-state index is 13.6. The summed E-state index contributed by atoms with van der Waals surface area (Å²) >= 11 is 0. The highest BCUT2D eigenvalue weighted by atomic mass is 19.4. The molecule has 0 aromatic carbocycles. The summed E-state index contributed by atoms with van der Waals surface area (Å²) in [5.74, 6) is -0.271. The molecule has 0 fully saturated rings. The third kappa shape index (κ3) is 5.10. The fraction of sp³-hybridized carbons (Fsp3) is 0.0952. The highest BCUT2D eigenvalue weighted by Gasteiger charge is 2.36. The van der Waals surface area contributed by atoms with Crippen LogP contribution in [0.5, 0.6) is 0 Å². The van der Waals surface area contributed by atoms with Crippen molar-refractivity contribution in [3.8, 4) is 5.69 Å². The highest BCUT2D eigenvalue weighted by Crippen LogP contribution is 2.33. The monoisotopic (exact) mass is 426 g/mol. The smallest absolute Gasteiger partial charge is 0.307 e. The third-order valence-electron chi connectivity index (χ3n) is 4.02. The number of rotatable bonds is 6. The number of carbonyl (C=O) groups is 1. The van der Waals surface area contributed by atoms with Gasteiger partial charge in [-0.1, -0.05) is 18.7 Å². The molecule has 7 nitrogen and oxygen atoms in total. The fourth-order valence-corrected chi connectivity index (χ4v) is 2.65. The first-order valence-corrected chi connectivity index (χ1v) is 8.94. The van der Waals surface area contributed by atoms with Crippen LogP contribution in [-0.4, -0.2) is 38.9 Å². The van der Waals surface area contributed by atoms with Gasteiger partial charge in [-0.05, 0) is 30.3 Å². The zero-order valence-corrected chi connectivity index (χ0v) is 16.3. The van der Waals surface area contributed by atoms with E-state index >= 15 is 0 Å². The Hall–Kier alpha value is -4.08. The van der Waals surface area contributed by atoms with Gasteiger partial charge in [0.15, 0.2) is 0 Å². The van der Waals surface area contributed by atoms with E-state index in [9.17, 15) is 18.0 Å². The predicted octanol–water partition coefficient (Wildman–Crippen LogP) is 4.20. The molecule has 10 heteroatoms. The molecule has 31 heavy (non-hydrogen) atoms. The Morgan fingerprint density at radius 3 is 2.65 bits per heavy atom. The van der Waals surface area contributed by atoms with E-state index in [0.29, 0.717) is 11.1 Å². The van der Waals surface area contributed by atoms with Crippen LogP contribution in [0.2, 0.25) is 0 Å². The van der Waals surface area contributed by atoms with Gasteiger partial charge in [0.1, 0.15) is 11.5 Å². The van der Waals surface area contributed by atoms with Gasteiger partial charge in [-0.2, -0.15) is 18.3 Å². The summed E-state index contributed by atoms with van der Waals surface area (Å²) in [6.07, 6.45) is 3.79. The maximum Gasteiger partial charge on any atom is 0.433 e. The largest absolute Gasteiger partial charge is 0.433 e. The molecule has 0 aliphatic heterocycles. The number of carbonyl (C=O) groups excluding carboxylic acids is 1. The van der Waals surface area contributed by atoms with E-state index in [1.54, 1.807) is 12.1 Å². The van der Waals surface area contributed by atoms with Gasteiger partial charge < -0.3 is 5.32 Å². The number of hydrogen-bond acceptors (Lipinski definition) is 5. The number of anilines is 1. The van der Waals surface area contributed by atoms with E-state index in [-0.39, 0.29) is 17.2 Å². The molecule has 0 atom stereocenters. The topological polar surface area (TPSA) is 85.1 Å². The van der Waals surface area contributed by atoms with Gasteiger partial charge in [0, 0.05) is 31.2 Å². The van der Waals surface area contributed by atoms with Gasteiger partial charge in [0.25, 0.3) is 5.91 Å². The fourth-order valence-electron chi connectivity index (χ4n) is 2.65. The molecule has 0 spiro atoms. The number of pyridine rings is 2. The molecular formula is C21H17F3N6O. The molecule has 0 aliphatic carbocycles. The SMILES string of the molecule is C=C/C=C(\C=NC)c1cc(C(F)(F)F)n(-c2ccc(NC(=O)c3cccnc3)nc2)n1. The van der Waals surface area contributed by atoms with E-state index in [4.69, 9.17) is 0 Å². The third-order valence-corrected chi connectivity index (χ3v) is 4.02. The molecule has 0 saturated carbocycles. The van der Waals surface area contributed by atoms with Gasteiger partial charge in [0.05, 0.1) is 23.1 Å². The van der Waals surface area contributed by atoms with Crippen LogP contribution in [0, 0.1) is 0 Å². The van der Waals surface area contributed by atoms with Crippen molar-refractivity contribution in [3.63, 3.8) is 0 Å². The number of alkyl halides is 3. The number of amides is 1. The molecule has 3 rings (SSSR count). The first kappa shape index (κ1) is 21.6. The van der Waals surface area contributed by atoms with E-state index in [0.717, 1.165) is 10.7 Å². The van der Waals surface area contributed by atoms with Crippen LogP contribution in [0.4, 0.5) is 19.0 Å². The van der Waals surface area contributed by atoms with Crippen molar-refractivity contribution < 1.29 is 18.0 Å². The molecule has 1 N–H and O–H groups in total. The molecule has 0 aliphatic rings. The van der Waals surface area contributed by atoms with E-state index in [1.165, 1.54) is 56.1 Å². The Morgan fingerprint density at radius 2 is 2.06 bits per heavy atom. The lowest BCUT2D eigenvalue weighted by atomic mass is 10.2. The van der Waals surface area contributed by atoms with Gasteiger partial charge >= 0.3 is 6.18 Å². The molecular weight excluding hydrogens is 409 g/mol. The Morgan fingerprint density at radius 1 is 1.26 bits per heavy atom. The molecule has 3 aromatic rings. The summed E-state index contributed by atoms with van der Waals surface area (Å²) in [6, 6.07) is 6.88. The van der Waals surface area contributed by atoms with Gasteiger partial charge in [-0.3, -0.25) is 14.8 Å². The van der Waals surface area contributed by atoms with Gasteiger partial charge in [-0.25, -0.2) is 9.67 Å². The molecule has 1 amide bonds. The predicted molar refractivity (Wildman–Crippen MR) is 111 cm³/mol. The summed E-state index contributed by atoms with van der Waals surface area (Å²) in [6.45, 7) is 3.56. The van der Waals surface area contributed by atoms with Crippen molar-refractivity contribution in [1.29, 1.82) is 0 Å². The van der Waals surface area contributed by atoms with Crippen molar-refractivity contribution in [1.82, 2.24) is 19.7 Å². The van der Waals surface area contributed by atoms with Crippen molar-refractivity contribution >= 4 is 23.5 Å². The number of allylic oxidation sites excluding steroid dienone is 3. The second-order valence-electron chi connectivity index (χ2n) is 6.17. The lowest BCUT2D eigenvalue weighted by Crippen LogP contribution is -2.15. The van der Waals surface area contributed by atoms with Crippen LogP contribution in [-0.2, 0) is 6.18 Å². The Balaban J connectivity index is 1.94. The Labute approximate surface area is 175 Å². The number of aliphatic imine (C=N–C) groups is 1. The molecule has 3 aromatic heterocycles. The van der Waals surface area contributed by atoms with E-state index in [1.807, 2.05) is 0 Å². The summed E-state index contributed by atoms with van der Waals surface area (Å²) in [5, 5.41) is 6.64. The van der Waals surface area contributed by atoms with Crippen molar-refractivity contribution in [2.75, 3.05) is 12.4 Å². The first-order chi connectivity index (χ1) is 14.8. The number of nitrogens with zero attached hydrogens (tertiary/aromatic N) is 5. The van der Waals surface area contributed by atoms with Crippen LogP contribution in [0.1, 0.15) is 21.7 Å². The van der Waals surface area contributed by atoms with Crippen molar-refractivity contribution in [3.05, 3.63) is 84.6 Å². The second-order valence-corrected chi connectivity index (χ2v) is 6.17. The molecule has 0 bridgehead atoms. The average molecular weight is 426 g/mol. The second kappa shape index (κ2) is 9.16. The standard InChI is InChI=1S/C21H17F3N6O/c1-3-5-14(11-25-2)17-10-18(21(22,23)24)30(29-17)16-7-8-19(27-13-16)28-20(31)15-6-4-9-26-12-15/h3-13H,1H2,2H3,(H,27,28,31)/b14-5+,25-11?. The minimum Gasteiger partial charge on any atom is -0.307 e. The van der Waals surface area contributed by atoms with Crippen molar-refractivity contribution in [2.24, 2.45) is 4.99 Å². The van der Waals surface area contributed by atoms with E-state index in [2.05, 4.69) is 32.0 Å². The molecule has 0 saturated heterocycles. The lowest BCUT2D eigenvalue weighted by molar-refractivity contribution is -0.142. The normalized spacial score (nSPS) is 12.2. The summed E-state index contributed by atoms with van der Waals surface area (Å²) < 4.78 is 41.6. The van der Waals surface area contributed by atoms with Crippen LogP contribution in [0.25, 0.3) is 11.3 Å². The first-order valence-electron chi connectivity index (χ1n) is 8.94.